The zero-order valence-corrected chi connectivity index (χ0v) is 27.8. The fourth-order valence-corrected chi connectivity index (χ4v) is 10.7. The Morgan fingerprint density at radius 2 is 1.52 bits per heavy atom. The Morgan fingerprint density at radius 1 is 0.886 bits per heavy atom. The fraction of sp³-hybridized carbons (Fsp3) is 0.526. The van der Waals surface area contributed by atoms with Crippen LogP contribution >= 0.6 is 0 Å². The first-order chi connectivity index (χ1) is 21.3. The number of aliphatic hydroxyl groups excluding tert-OH is 1. The maximum atomic E-state index is 11.3. The standard InChI is InChI=1S/C38H50O5Si/c1-37(2,3)36-31-25-34(39)43-33(27-41-44(29-17-9-5-10-18-29)30-19-11-6-12-20-30)38(31,23-22-28-15-7-4-8-16-28)26-32(36)42-35-21-13-14-24-40-35/h4-12,15-20,31-36,39,44H,13-14,21-27H2,1-3H3/t31-,32-,33?,34?,35?,36-,38+/m1/s1. The Morgan fingerprint density at radius 3 is 2.11 bits per heavy atom. The molecule has 6 heteroatoms. The second-order valence-electron chi connectivity index (χ2n) is 14.2. The molecule has 3 fully saturated rings. The molecule has 0 aromatic heterocycles. The summed E-state index contributed by atoms with van der Waals surface area (Å²) in [5.41, 5.74) is 1.13. The van der Waals surface area contributed by atoms with E-state index < -0.39 is 15.3 Å². The van der Waals surface area contributed by atoms with Gasteiger partial charge in [-0.2, -0.15) is 0 Å². The lowest BCUT2D eigenvalue weighted by molar-refractivity contribution is -0.241. The molecule has 3 unspecified atom stereocenters. The van der Waals surface area contributed by atoms with Gasteiger partial charge in [-0.25, -0.2) is 0 Å². The summed E-state index contributed by atoms with van der Waals surface area (Å²) in [5, 5.41) is 13.8. The lowest BCUT2D eigenvalue weighted by Gasteiger charge is -2.50. The highest BCUT2D eigenvalue weighted by Gasteiger charge is 2.63. The number of aryl methyl sites for hydroxylation is 1. The SMILES string of the molecule is CC(C)(C)[C@@H]1[C@H]2CC(O)OC(CO[SiH](c3ccccc3)c3ccccc3)[C@@]2(CCc2ccccc2)C[C@H]1OC1CCCCO1. The maximum Gasteiger partial charge on any atom is 0.239 e. The number of aliphatic hydroxyl groups is 1. The monoisotopic (exact) mass is 614 g/mol. The summed E-state index contributed by atoms with van der Waals surface area (Å²) in [6.45, 7) is 8.23. The maximum absolute atomic E-state index is 11.3. The first kappa shape index (κ1) is 31.7. The number of fused-ring (bicyclic) bond motifs is 1. The van der Waals surface area contributed by atoms with Crippen molar-refractivity contribution in [3.05, 3.63) is 96.6 Å². The normalized spacial score (nSPS) is 30.8. The minimum atomic E-state index is -2.00. The Hall–Kier alpha value is -2.32. The molecule has 44 heavy (non-hydrogen) atoms. The minimum absolute atomic E-state index is 0.00761. The lowest BCUT2D eigenvalue weighted by Crippen LogP contribution is -2.55. The van der Waals surface area contributed by atoms with Gasteiger partial charge in [0.2, 0.25) is 9.04 Å². The highest BCUT2D eigenvalue weighted by molar-refractivity contribution is 6.80. The Bertz CT molecular complexity index is 1250. The highest BCUT2D eigenvalue weighted by atomic mass is 28.3. The molecule has 236 valence electrons. The van der Waals surface area contributed by atoms with Gasteiger partial charge in [0.05, 0.1) is 18.8 Å². The summed E-state index contributed by atoms with van der Waals surface area (Å²) >= 11 is 0. The van der Waals surface area contributed by atoms with Crippen molar-refractivity contribution in [1.29, 1.82) is 0 Å². The van der Waals surface area contributed by atoms with Gasteiger partial charge in [-0.3, -0.25) is 0 Å². The van der Waals surface area contributed by atoms with Crippen LogP contribution in [-0.4, -0.2) is 52.1 Å². The molecular formula is C38H50O5Si. The second kappa shape index (κ2) is 14.0. The zero-order chi connectivity index (χ0) is 30.6. The average Bonchev–Trinajstić information content (AvgIpc) is 3.36. The van der Waals surface area contributed by atoms with Gasteiger partial charge < -0.3 is 23.7 Å². The van der Waals surface area contributed by atoms with E-state index in [0.29, 0.717) is 13.0 Å². The number of benzene rings is 3. The van der Waals surface area contributed by atoms with Crippen molar-refractivity contribution in [2.75, 3.05) is 13.2 Å². The first-order valence-electron chi connectivity index (χ1n) is 16.7. The second-order valence-corrected chi connectivity index (χ2v) is 16.7. The van der Waals surface area contributed by atoms with E-state index in [9.17, 15) is 5.11 Å². The molecule has 1 aliphatic carbocycles. The van der Waals surface area contributed by atoms with Gasteiger partial charge >= 0.3 is 0 Å². The Labute approximate surface area is 265 Å². The van der Waals surface area contributed by atoms with Crippen LogP contribution in [0.15, 0.2) is 91.0 Å². The van der Waals surface area contributed by atoms with Gasteiger partial charge in [-0.05, 0) is 71.7 Å². The van der Waals surface area contributed by atoms with Gasteiger partial charge in [0, 0.05) is 18.4 Å². The van der Waals surface area contributed by atoms with Crippen LogP contribution in [0.25, 0.3) is 0 Å². The van der Waals surface area contributed by atoms with Crippen molar-refractivity contribution in [3.8, 4) is 0 Å². The third-order valence-electron chi connectivity index (χ3n) is 10.4. The van der Waals surface area contributed by atoms with Crippen LogP contribution in [0.4, 0.5) is 0 Å². The van der Waals surface area contributed by atoms with Crippen LogP contribution in [0.5, 0.6) is 0 Å². The molecule has 1 N–H and O–H groups in total. The lowest BCUT2D eigenvalue weighted by atomic mass is 9.61. The van der Waals surface area contributed by atoms with Crippen molar-refractivity contribution < 1.29 is 23.7 Å². The number of hydrogen-bond donors (Lipinski definition) is 1. The summed E-state index contributed by atoms with van der Waals surface area (Å²) in [4.78, 5) is 0. The van der Waals surface area contributed by atoms with Gasteiger partial charge in [-0.15, -0.1) is 0 Å². The highest BCUT2D eigenvalue weighted by Crippen LogP contribution is 2.62. The summed E-state index contributed by atoms with van der Waals surface area (Å²) in [6.07, 6.45) is 5.43. The number of rotatable bonds is 10. The van der Waals surface area contributed by atoms with Crippen LogP contribution in [-0.2, 0) is 25.1 Å². The number of ether oxygens (including phenoxy) is 3. The number of hydrogen-bond acceptors (Lipinski definition) is 5. The van der Waals surface area contributed by atoms with Crippen molar-refractivity contribution in [3.63, 3.8) is 0 Å². The first-order valence-corrected chi connectivity index (χ1v) is 18.3. The van der Waals surface area contributed by atoms with Crippen molar-refractivity contribution in [1.82, 2.24) is 0 Å². The Kier molecular flexibility index (Phi) is 10.1. The smallest absolute Gasteiger partial charge is 0.239 e. The van der Waals surface area contributed by atoms with Crippen LogP contribution in [0.1, 0.15) is 64.9 Å². The molecule has 5 nitrogen and oxygen atoms in total. The Balaban J connectivity index is 1.34. The van der Waals surface area contributed by atoms with Gasteiger partial charge in [0.1, 0.15) is 0 Å². The zero-order valence-electron chi connectivity index (χ0n) is 26.6. The summed E-state index contributed by atoms with van der Waals surface area (Å²) in [7, 11) is -2.00. The van der Waals surface area contributed by atoms with E-state index in [-0.39, 0.29) is 41.2 Å². The molecular weight excluding hydrogens is 564 g/mol. The third kappa shape index (κ3) is 7.06. The third-order valence-corrected chi connectivity index (χ3v) is 12.9. The van der Waals surface area contributed by atoms with Crippen molar-refractivity contribution in [2.45, 2.75) is 90.5 Å². The van der Waals surface area contributed by atoms with Crippen LogP contribution in [0.3, 0.4) is 0 Å². The summed E-state index contributed by atoms with van der Waals surface area (Å²) in [6, 6.07) is 32.0. The molecule has 3 aliphatic rings. The van der Waals surface area contributed by atoms with Crippen LogP contribution in [0, 0.1) is 22.7 Å². The summed E-state index contributed by atoms with van der Waals surface area (Å²) < 4.78 is 26.6. The molecule has 3 aromatic carbocycles. The fourth-order valence-electron chi connectivity index (χ4n) is 8.43. The molecule has 2 heterocycles. The topological polar surface area (TPSA) is 57.2 Å². The molecule has 0 spiro atoms. The predicted molar refractivity (Wildman–Crippen MR) is 177 cm³/mol. The van der Waals surface area contributed by atoms with E-state index >= 15 is 0 Å². The largest absolute Gasteiger partial charge is 0.408 e. The van der Waals surface area contributed by atoms with Crippen LogP contribution in [0.2, 0.25) is 0 Å². The molecule has 2 aliphatic heterocycles. The molecule has 2 saturated heterocycles. The molecule has 0 amide bonds. The quantitative estimate of drug-likeness (QED) is 0.290. The molecule has 7 atom stereocenters. The van der Waals surface area contributed by atoms with Crippen molar-refractivity contribution >= 4 is 19.4 Å². The van der Waals surface area contributed by atoms with Gasteiger partial charge in [0.25, 0.3) is 0 Å². The molecule has 3 aromatic rings. The molecule has 0 bridgehead atoms. The van der Waals surface area contributed by atoms with E-state index in [1.54, 1.807) is 0 Å². The van der Waals surface area contributed by atoms with Crippen molar-refractivity contribution in [2.24, 2.45) is 22.7 Å². The van der Waals surface area contributed by atoms with E-state index in [1.165, 1.54) is 15.9 Å². The van der Waals surface area contributed by atoms with E-state index in [0.717, 1.165) is 45.1 Å². The van der Waals surface area contributed by atoms with Crippen LogP contribution < -0.4 is 10.4 Å². The molecule has 1 saturated carbocycles. The molecule has 0 radical (unpaired) electrons. The molecule has 6 rings (SSSR count). The van der Waals surface area contributed by atoms with E-state index in [4.69, 9.17) is 18.6 Å². The van der Waals surface area contributed by atoms with E-state index in [1.807, 2.05) is 0 Å². The average molecular weight is 615 g/mol. The predicted octanol–water partition coefficient (Wildman–Crippen LogP) is 5.86. The summed E-state index contributed by atoms with van der Waals surface area (Å²) in [5.74, 6) is 0.506. The van der Waals surface area contributed by atoms with Gasteiger partial charge in [0.15, 0.2) is 12.6 Å². The van der Waals surface area contributed by atoms with E-state index in [2.05, 4.69) is 112 Å². The minimum Gasteiger partial charge on any atom is -0.408 e. The van der Waals surface area contributed by atoms with Gasteiger partial charge in [-0.1, -0.05) is 112 Å².